The van der Waals surface area contributed by atoms with Gasteiger partial charge in [0.1, 0.15) is 11.6 Å². The fraction of sp³-hybridized carbons (Fsp3) is 0.200. The van der Waals surface area contributed by atoms with Crippen molar-refractivity contribution in [3.05, 3.63) is 28.5 Å². The summed E-state index contributed by atoms with van der Waals surface area (Å²) in [6, 6.07) is 5.66. The Morgan fingerprint density at radius 1 is 1.33 bits per heavy atom. The van der Waals surface area contributed by atoms with E-state index in [1.807, 2.05) is 18.2 Å². The first-order valence-corrected chi connectivity index (χ1v) is 5.32. The molecule has 0 fully saturated rings. The Morgan fingerprint density at radius 2 is 2.13 bits per heavy atom. The van der Waals surface area contributed by atoms with Crippen LogP contribution >= 0.6 is 15.9 Å². The molecule has 5 heteroatoms. The van der Waals surface area contributed by atoms with Crippen LogP contribution in [0.1, 0.15) is 5.82 Å². The molecule has 1 heterocycles. The Balaban J connectivity index is 2.62. The average Bonchev–Trinajstić information content (AvgIpc) is 2.20. The van der Waals surface area contributed by atoms with E-state index in [-0.39, 0.29) is 6.61 Å². The van der Waals surface area contributed by atoms with E-state index < -0.39 is 0 Å². The molecule has 2 aromatic rings. The summed E-state index contributed by atoms with van der Waals surface area (Å²) in [5.74, 6) is 1.02. The molecule has 0 saturated heterocycles. The largest absolute Gasteiger partial charge is 0.396 e. The van der Waals surface area contributed by atoms with Crippen LogP contribution in [0.25, 0.3) is 10.9 Å². The molecule has 0 amide bonds. The zero-order valence-corrected chi connectivity index (χ0v) is 9.53. The van der Waals surface area contributed by atoms with Crippen molar-refractivity contribution in [3.63, 3.8) is 0 Å². The van der Waals surface area contributed by atoms with Crippen LogP contribution in [0.3, 0.4) is 0 Å². The summed E-state index contributed by atoms with van der Waals surface area (Å²) < 4.78 is 0.945. The monoisotopic (exact) mass is 267 g/mol. The van der Waals surface area contributed by atoms with Gasteiger partial charge in [0.2, 0.25) is 0 Å². The summed E-state index contributed by atoms with van der Waals surface area (Å²) in [5.41, 5.74) is 6.60. The summed E-state index contributed by atoms with van der Waals surface area (Å²) >= 11 is 3.36. The third-order valence-corrected chi connectivity index (χ3v) is 2.56. The molecule has 78 valence electrons. The Hall–Kier alpha value is -1.20. The molecule has 0 spiro atoms. The molecule has 0 unspecified atom stereocenters. The minimum atomic E-state index is 0.0292. The Bertz CT molecular complexity index is 501. The van der Waals surface area contributed by atoms with Gasteiger partial charge in [-0.1, -0.05) is 15.9 Å². The molecule has 3 N–H and O–H groups in total. The van der Waals surface area contributed by atoms with Gasteiger partial charge in [-0.15, -0.1) is 0 Å². The van der Waals surface area contributed by atoms with Crippen molar-refractivity contribution in [1.82, 2.24) is 9.97 Å². The number of benzene rings is 1. The number of nitrogens with zero attached hydrogens (tertiary/aromatic N) is 2. The summed E-state index contributed by atoms with van der Waals surface area (Å²) in [6.07, 6.45) is 0.427. The molecule has 0 saturated carbocycles. The van der Waals surface area contributed by atoms with Gasteiger partial charge < -0.3 is 10.8 Å². The van der Waals surface area contributed by atoms with Crippen molar-refractivity contribution in [3.8, 4) is 0 Å². The maximum atomic E-state index is 8.80. The SMILES string of the molecule is Nc1nc(CCO)nc2ccc(Br)cc12. The second kappa shape index (κ2) is 4.12. The van der Waals surface area contributed by atoms with Gasteiger partial charge in [0.25, 0.3) is 0 Å². The highest BCUT2D eigenvalue weighted by molar-refractivity contribution is 9.10. The summed E-state index contributed by atoms with van der Waals surface area (Å²) in [4.78, 5) is 8.41. The van der Waals surface area contributed by atoms with E-state index in [4.69, 9.17) is 10.8 Å². The van der Waals surface area contributed by atoms with E-state index in [1.54, 1.807) is 0 Å². The normalized spacial score (nSPS) is 10.8. The van der Waals surface area contributed by atoms with Crippen molar-refractivity contribution < 1.29 is 5.11 Å². The van der Waals surface area contributed by atoms with Crippen LogP contribution < -0.4 is 5.73 Å². The number of aromatic nitrogens is 2. The number of aliphatic hydroxyl groups is 1. The molecule has 0 aliphatic rings. The molecule has 0 aliphatic carbocycles. The molecule has 1 aromatic carbocycles. The number of hydrogen-bond donors (Lipinski definition) is 2. The molecule has 1 aromatic heterocycles. The number of rotatable bonds is 2. The predicted molar refractivity (Wildman–Crippen MR) is 62.4 cm³/mol. The van der Waals surface area contributed by atoms with Gasteiger partial charge in [0, 0.05) is 16.3 Å². The number of nitrogen functional groups attached to an aromatic ring is 1. The molecule has 0 radical (unpaired) electrons. The molecule has 0 bridgehead atoms. The van der Waals surface area contributed by atoms with Crippen LogP contribution in [-0.4, -0.2) is 21.7 Å². The van der Waals surface area contributed by atoms with E-state index in [0.29, 0.717) is 18.1 Å². The van der Waals surface area contributed by atoms with Crippen molar-refractivity contribution >= 4 is 32.7 Å². The van der Waals surface area contributed by atoms with E-state index in [1.165, 1.54) is 0 Å². The number of aliphatic hydroxyl groups excluding tert-OH is 1. The highest BCUT2D eigenvalue weighted by atomic mass is 79.9. The fourth-order valence-corrected chi connectivity index (χ4v) is 1.75. The molecule has 2 rings (SSSR count). The maximum Gasteiger partial charge on any atom is 0.135 e. The summed E-state index contributed by atoms with van der Waals surface area (Å²) in [7, 11) is 0. The first kappa shape index (κ1) is 10.3. The first-order chi connectivity index (χ1) is 7.20. The van der Waals surface area contributed by atoms with E-state index in [2.05, 4.69) is 25.9 Å². The minimum absolute atomic E-state index is 0.0292. The van der Waals surface area contributed by atoms with Crippen LogP contribution in [0, 0.1) is 0 Å². The molecule has 0 atom stereocenters. The first-order valence-electron chi connectivity index (χ1n) is 4.53. The Morgan fingerprint density at radius 3 is 2.87 bits per heavy atom. The Labute approximate surface area is 95.3 Å². The van der Waals surface area contributed by atoms with Crippen LogP contribution in [0.15, 0.2) is 22.7 Å². The minimum Gasteiger partial charge on any atom is -0.396 e. The van der Waals surface area contributed by atoms with Crippen molar-refractivity contribution in [2.75, 3.05) is 12.3 Å². The summed E-state index contributed by atoms with van der Waals surface area (Å²) in [6.45, 7) is 0.0292. The number of hydrogen-bond acceptors (Lipinski definition) is 4. The van der Waals surface area contributed by atoms with E-state index >= 15 is 0 Å². The number of halogens is 1. The van der Waals surface area contributed by atoms with Crippen molar-refractivity contribution in [1.29, 1.82) is 0 Å². The van der Waals surface area contributed by atoms with Crippen LogP contribution in [0.5, 0.6) is 0 Å². The van der Waals surface area contributed by atoms with Crippen LogP contribution in [0.4, 0.5) is 5.82 Å². The van der Waals surface area contributed by atoms with Gasteiger partial charge >= 0.3 is 0 Å². The molecular weight excluding hydrogens is 258 g/mol. The molecule has 15 heavy (non-hydrogen) atoms. The average molecular weight is 268 g/mol. The topological polar surface area (TPSA) is 72.0 Å². The number of anilines is 1. The van der Waals surface area contributed by atoms with Gasteiger partial charge in [-0.05, 0) is 18.2 Å². The second-order valence-electron chi connectivity index (χ2n) is 3.16. The standard InChI is InChI=1S/C10H10BrN3O/c11-6-1-2-8-7(5-6)10(12)14-9(13-8)3-4-15/h1-2,5,15H,3-4H2,(H2,12,13,14). The van der Waals surface area contributed by atoms with Gasteiger partial charge in [0.05, 0.1) is 12.1 Å². The lowest BCUT2D eigenvalue weighted by Gasteiger charge is -2.04. The van der Waals surface area contributed by atoms with Crippen molar-refractivity contribution in [2.45, 2.75) is 6.42 Å². The van der Waals surface area contributed by atoms with Crippen LogP contribution in [0.2, 0.25) is 0 Å². The maximum absolute atomic E-state index is 8.80. The smallest absolute Gasteiger partial charge is 0.135 e. The number of fused-ring (bicyclic) bond motifs is 1. The molecular formula is C10H10BrN3O. The fourth-order valence-electron chi connectivity index (χ4n) is 1.39. The Kier molecular flexibility index (Phi) is 2.83. The predicted octanol–water partition coefficient (Wildman–Crippen LogP) is 1.51. The zero-order valence-electron chi connectivity index (χ0n) is 7.94. The van der Waals surface area contributed by atoms with E-state index in [0.717, 1.165) is 15.4 Å². The lowest BCUT2D eigenvalue weighted by Crippen LogP contribution is -2.03. The zero-order chi connectivity index (χ0) is 10.8. The molecule has 4 nitrogen and oxygen atoms in total. The third kappa shape index (κ3) is 2.08. The molecule has 0 aliphatic heterocycles. The van der Waals surface area contributed by atoms with Gasteiger partial charge in [-0.3, -0.25) is 0 Å². The van der Waals surface area contributed by atoms with Crippen LogP contribution in [-0.2, 0) is 6.42 Å². The quantitative estimate of drug-likeness (QED) is 0.866. The van der Waals surface area contributed by atoms with Gasteiger partial charge in [-0.2, -0.15) is 0 Å². The highest BCUT2D eigenvalue weighted by Gasteiger charge is 2.04. The van der Waals surface area contributed by atoms with Gasteiger partial charge in [-0.25, -0.2) is 9.97 Å². The third-order valence-electron chi connectivity index (χ3n) is 2.07. The van der Waals surface area contributed by atoms with E-state index in [9.17, 15) is 0 Å². The highest BCUT2D eigenvalue weighted by Crippen LogP contribution is 2.22. The summed E-state index contributed by atoms with van der Waals surface area (Å²) in [5, 5.41) is 9.62. The van der Waals surface area contributed by atoms with Crippen molar-refractivity contribution in [2.24, 2.45) is 0 Å². The second-order valence-corrected chi connectivity index (χ2v) is 4.08. The van der Waals surface area contributed by atoms with Gasteiger partial charge in [0.15, 0.2) is 0 Å². The number of nitrogens with two attached hydrogens (primary N) is 1. The lowest BCUT2D eigenvalue weighted by atomic mass is 10.2. The lowest BCUT2D eigenvalue weighted by molar-refractivity contribution is 0.297.